The SMILES string of the molecule is C#CCSCCNCC(Br)C(=O)OC. The number of terminal acetylenes is 1. The summed E-state index contributed by atoms with van der Waals surface area (Å²) in [6.45, 7) is 1.41. The molecular weight excluding hydrogens is 266 g/mol. The summed E-state index contributed by atoms with van der Waals surface area (Å²) in [6.07, 6.45) is 5.09. The van der Waals surface area contributed by atoms with Crippen molar-refractivity contribution in [3.05, 3.63) is 0 Å². The van der Waals surface area contributed by atoms with E-state index in [2.05, 4.69) is 31.9 Å². The first-order valence-electron chi connectivity index (χ1n) is 4.16. The van der Waals surface area contributed by atoms with Crippen LogP contribution in [0, 0.1) is 12.3 Å². The Labute approximate surface area is 97.5 Å². The van der Waals surface area contributed by atoms with E-state index in [1.807, 2.05) is 0 Å². The third-order valence-corrected chi connectivity index (χ3v) is 2.95. The van der Waals surface area contributed by atoms with Crippen molar-refractivity contribution in [2.24, 2.45) is 0 Å². The molecule has 0 saturated carbocycles. The van der Waals surface area contributed by atoms with Crippen LogP contribution in [-0.4, -0.2) is 42.5 Å². The van der Waals surface area contributed by atoms with Crippen LogP contribution in [0.4, 0.5) is 0 Å². The molecule has 0 rings (SSSR count). The first-order chi connectivity index (χ1) is 6.72. The monoisotopic (exact) mass is 279 g/mol. The van der Waals surface area contributed by atoms with E-state index in [-0.39, 0.29) is 10.8 Å². The van der Waals surface area contributed by atoms with Gasteiger partial charge in [-0.25, -0.2) is 0 Å². The summed E-state index contributed by atoms with van der Waals surface area (Å²) in [5.41, 5.74) is 0. The van der Waals surface area contributed by atoms with Crippen molar-refractivity contribution in [2.45, 2.75) is 4.83 Å². The van der Waals surface area contributed by atoms with Crippen LogP contribution in [0.2, 0.25) is 0 Å². The van der Waals surface area contributed by atoms with Gasteiger partial charge < -0.3 is 10.1 Å². The molecule has 80 valence electrons. The molecule has 1 unspecified atom stereocenters. The van der Waals surface area contributed by atoms with Crippen LogP contribution in [0.3, 0.4) is 0 Å². The highest BCUT2D eigenvalue weighted by molar-refractivity contribution is 9.10. The lowest BCUT2D eigenvalue weighted by Gasteiger charge is -2.08. The molecule has 5 heteroatoms. The normalized spacial score (nSPS) is 11.8. The van der Waals surface area contributed by atoms with Gasteiger partial charge in [0.2, 0.25) is 0 Å². The number of halogens is 1. The molecule has 0 aromatic rings. The Morgan fingerprint density at radius 3 is 3.07 bits per heavy atom. The highest BCUT2D eigenvalue weighted by Gasteiger charge is 2.13. The van der Waals surface area contributed by atoms with Crippen molar-refractivity contribution < 1.29 is 9.53 Å². The van der Waals surface area contributed by atoms with Crippen molar-refractivity contribution in [1.29, 1.82) is 0 Å². The first kappa shape index (κ1) is 13.8. The molecular formula is C9H14BrNO2S. The predicted octanol–water partition coefficient (Wildman–Crippen LogP) is 0.879. The van der Waals surface area contributed by atoms with Gasteiger partial charge in [-0.3, -0.25) is 4.79 Å². The predicted molar refractivity (Wildman–Crippen MR) is 63.8 cm³/mol. The van der Waals surface area contributed by atoms with E-state index < -0.39 is 0 Å². The zero-order chi connectivity index (χ0) is 10.8. The molecule has 0 spiro atoms. The fraction of sp³-hybridized carbons (Fsp3) is 0.667. The van der Waals surface area contributed by atoms with Crippen LogP contribution in [0.5, 0.6) is 0 Å². The Balaban J connectivity index is 3.28. The fourth-order valence-corrected chi connectivity index (χ4v) is 1.68. The molecule has 0 saturated heterocycles. The van der Waals surface area contributed by atoms with Gasteiger partial charge >= 0.3 is 5.97 Å². The van der Waals surface area contributed by atoms with Gasteiger partial charge in [-0.2, -0.15) is 0 Å². The molecule has 1 N–H and O–H groups in total. The number of hydrogen-bond donors (Lipinski definition) is 1. The second kappa shape index (κ2) is 9.38. The van der Waals surface area contributed by atoms with Crippen molar-refractivity contribution in [3.63, 3.8) is 0 Å². The molecule has 3 nitrogen and oxygen atoms in total. The highest BCUT2D eigenvalue weighted by atomic mass is 79.9. The maximum Gasteiger partial charge on any atom is 0.320 e. The molecule has 0 aliphatic carbocycles. The minimum absolute atomic E-state index is 0.256. The van der Waals surface area contributed by atoms with Crippen LogP contribution in [-0.2, 0) is 9.53 Å². The third kappa shape index (κ3) is 7.25. The van der Waals surface area contributed by atoms with Gasteiger partial charge in [-0.05, 0) is 0 Å². The van der Waals surface area contributed by atoms with E-state index in [0.717, 1.165) is 18.1 Å². The summed E-state index contributed by atoms with van der Waals surface area (Å²) in [5, 5.41) is 3.12. The average molecular weight is 280 g/mol. The molecule has 0 bridgehead atoms. The van der Waals surface area contributed by atoms with Crippen LogP contribution < -0.4 is 5.32 Å². The smallest absolute Gasteiger partial charge is 0.320 e. The molecule has 0 radical (unpaired) electrons. The van der Waals surface area contributed by atoms with E-state index >= 15 is 0 Å². The molecule has 0 fully saturated rings. The summed E-state index contributed by atoms with van der Waals surface area (Å²) < 4.78 is 4.55. The molecule has 1 atom stereocenters. The van der Waals surface area contributed by atoms with E-state index in [9.17, 15) is 4.79 Å². The zero-order valence-corrected chi connectivity index (χ0v) is 10.5. The van der Waals surface area contributed by atoms with E-state index in [4.69, 9.17) is 6.42 Å². The van der Waals surface area contributed by atoms with Gasteiger partial charge in [-0.1, -0.05) is 21.9 Å². The highest BCUT2D eigenvalue weighted by Crippen LogP contribution is 2.00. The van der Waals surface area contributed by atoms with Crippen LogP contribution in [0.1, 0.15) is 0 Å². The molecule has 0 heterocycles. The summed E-state index contributed by atoms with van der Waals surface area (Å²) in [7, 11) is 1.37. The number of carbonyl (C=O) groups is 1. The van der Waals surface area contributed by atoms with Crippen LogP contribution in [0.25, 0.3) is 0 Å². The van der Waals surface area contributed by atoms with Gasteiger partial charge in [0.25, 0.3) is 0 Å². The van der Waals surface area contributed by atoms with Crippen molar-refractivity contribution in [2.75, 3.05) is 31.7 Å². The lowest BCUT2D eigenvalue weighted by molar-refractivity contribution is -0.139. The molecule has 0 aliphatic rings. The van der Waals surface area contributed by atoms with Crippen LogP contribution in [0.15, 0.2) is 0 Å². The first-order valence-corrected chi connectivity index (χ1v) is 6.23. The third-order valence-electron chi connectivity index (χ3n) is 1.39. The maximum atomic E-state index is 10.9. The average Bonchev–Trinajstić information content (AvgIpc) is 2.21. The number of ether oxygens (including phenoxy) is 1. The summed E-state index contributed by atoms with van der Waals surface area (Å²) in [6, 6.07) is 0. The van der Waals surface area contributed by atoms with Gasteiger partial charge in [0, 0.05) is 18.8 Å². The second-order valence-corrected chi connectivity index (χ2v) is 4.66. The number of thioether (sulfide) groups is 1. The Morgan fingerprint density at radius 2 is 2.50 bits per heavy atom. The molecule has 0 aromatic carbocycles. The number of hydrogen-bond acceptors (Lipinski definition) is 4. The molecule has 0 aromatic heterocycles. The maximum absolute atomic E-state index is 10.9. The number of esters is 1. The van der Waals surface area contributed by atoms with Crippen molar-refractivity contribution in [1.82, 2.24) is 5.32 Å². The topological polar surface area (TPSA) is 38.3 Å². The summed E-state index contributed by atoms with van der Waals surface area (Å²) in [4.78, 5) is 10.7. The van der Waals surface area contributed by atoms with E-state index in [1.165, 1.54) is 7.11 Å². The van der Waals surface area contributed by atoms with Crippen molar-refractivity contribution in [3.8, 4) is 12.3 Å². The lowest BCUT2D eigenvalue weighted by Crippen LogP contribution is -2.31. The Bertz CT molecular complexity index is 205. The van der Waals surface area contributed by atoms with Gasteiger partial charge in [0.1, 0.15) is 4.83 Å². The Morgan fingerprint density at radius 1 is 1.79 bits per heavy atom. The number of methoxy groups -OCH3 is 1. The quantitative estimate of drug-likeness (QED) is 0.325. The number of nitrogens with one attached hydrogen (secondary N) is 1. The summed E-state index contributed by atoms with van der Waals surface area (Å²) in [5.74, 6) is 3.97. The Kier molecular flexibility index (Phi) is 9.26. The van der Waals surface area contributed by atoms with Gasteiger partial charge in [-0.15, -0.1) is 18.2 Å². The Hall–Kier alpha value is -0.180. The minimum Gasteiger partial charge on any atom is -0.468 e. The molecule has 14 heavy (non-hydrogen) atoms. The van der Waals surface area contributed by atoms with E-state index in [0.29, 0.717) is 6.54 Å². The van der Waals surface area contributed by atoms with Crippen LogP contribution >= 0.6 is 27.7 Å². The number of alkyl halides is 1. The second-order valence-electron chi connectivity index (χ2n) is 2.45. The number of rotatable bonds is 7. The molecule has 0 amide bonds. The summed E-state index contributed by atoms with van der Waals surface area (Å²) >= 11 is 4.90. The van der Waals surface area contributed by atoms with E-state index in [1.54, 1.807) is 11.8 Å². The van der Waals surface area contributed by atoms with Gasteiger partial charge in [0.05, 0.1) is 12.9 Å². The largest absolute Gasteiger partial charge is 0.468 e. The van der Waals surface area contributed by atoms with Gasteiger partial charge in [0.15, 0.2) is 0 Å². The molecule has 0 aliphatic heterocycles. The minimum atomic E-state index is -0.273. The number of carbonyl (C=O) groups excluding carboxylic acids is 1. The lowest BCUT2D eigenvalue weighted by atomic mass is 10.4. The standard InChI is InChI=1S/C9H14BrNO2S/c1-3-5-14-6-4-11-7-8(10)9(12)13-2/h1,8,11H,4-7H2,2H3. The fourth-order valence-electron chi connectivity index (χ4n) is 0.715. The zero-order valence-electron chi connectivity index (χ0n) is 8.09. The van der Waals surface area contributed by atoms with Crippen molar-refractivity contribution >= 4 is 33.7 Å².